The number of carbonyl (C=O) groups excluding carboxylic acids is 2. The lowest BCUT2D eigenvalue weighted by Gasteiger charge is -2.14. The number of carbonyl (C=O) groups is 2. The third kappa shape index (κ3) is 14.2. The number of aliphatic hydroxyl groups excluding tert-OH is 1. The number of amides is 1. The van der Waals surface area contributed by atoms with Crippen LogP contribution in [0, 0.1) is 13.8 Å². The summed E-state index contributed by atoms with van der Waals surface area (Å²) in [5, 5.41) is 11.6. The van der Waals surface area contributed by atoms with Gasteiger partial charge in [0.05, 0.1) is 6.61 Å². The van der Waals surface area contributed by atoms with Crippen molar-refractivity contribution in [2.45, 2.75) is 72.7 Å². The van der Waals surface area contributed by atoms with Crippen molar-refractivity contribution in [2.24, 2.45) is 0 Å². The van der Waals surface area contributed by atoms with Gasteiger partial charge in [0.25, 0.3) is 0 Å². The number of phosphoric acid groups is 1. The molecule has 0 fully saturated rings. The molecule has 2 atom stereocenters. The molecular weight excluding hydrogens is 481 g/mol. The first-order chi connectivity index (χ1) is 16.5. The van der Waals surface area contributed by atoms with E-state index in [9.17, 15) is 19.0 Å². The Kier molecular flexibility index (Phi) is 14.7. The number of alkyl carbamates (subject to hydrolysis) is 1. The van der Waals surface area contributed by atoms with Gasteiger partial charge in [-0.15, -0.1) is 0 Å². The number of rotatable bonds is 17. The molecule has 35 heavy (non-hydrogen) atoms. The molecule has 0 aliphatic carbocycles. The molecule has 0 heterocycles. The molecule has 12 heteroatoms. The first kappa shape index (κ1) is 31.0. The van der Waals surface area contributed by atoms with E-state index in [1.807, 2.05) is 20.8 Å². The number of phosphoric ester groups is 1. The number of aryl methyl sites for hydroxylation is 2. The maximum Gasteiger partial charge on any atom is 0.474 e. The number of aliphatic hydroxyl groups is 1. The summed E-state index contributed by atoms with van der Waals surface area (Å²) >= 11 is 0. The largest absolute Gasteiger partial charge is 0.474 e. The fourth-order valence-corrected chi connectivity index (χ4v) is 3.91. The van der Waals surface area contributed by atoms with Crippen LogP contribution in [-0.2, 0) is 34.5 Å². The van der Waals surface area contributed by atoms with E-state index in [2.05, 4.69) is 9.84 Å². The molecule has 0 spiro atoms. The SMILES string of the molecule is CCCOCC(=O)Oc1c(C)cc(COC(=O)NCCCCCCOP(=O)(O)OC(C)O)cc1C. The van der Waals surface area contributed by atoms with E-state index in [1.165, 1.54) is 6.92 Å². The molecule has 200 valence electrons. The smallest absolute Gasteiger partial charge is 0.445 e. The Morgan fingerprint density at radius 2 is 1.74 bits per heavy atom. The molecule has 1 rings (SSSR count). The zero-order valence-electron chi connectivity index (χ0n) is 20.9. The number of unbranched alkanes of at least 4 members (excludes halogenated alkanes) is 3. The second-order valence-corrected chi connectivity index (χ2v) is 9.42. The van der Waals surface area contributed by atoms with Crippen LogP contribution in [0.4, 0.5) is 4.79 Å². The van der Waals surface area contributed by atoms with Crippen LogP contribution in [0.1, 0.15) is 62.6 Å². The van der Waals surface area contributed by atoms with Gasteiger partial charge in [-0.05, 0) is 68.9 Å². The van der Waals surface area contributed by atoms with E-state index in [-0.39, 0.29) is 19.8 Å². The molecular formula is C23H38NO10P. The second kappa shape index (κ2) is 16.6. The van der Waals surface area contributed by atoms with Gasteiger partial charge in [-0.3, -0.25) is 9.05 Å². The molecule has 0 aliphatic rings. The zero-order chi connectivity index (χ0) is 26.3. The van der Waals surface area contributed by atoms with Crippen molar-refractivity contribution >= 4 is 19.9 Å². The van der Waals surface area contributed by atoms with Crippen LogP contribution >= 0.6 is 7.82 Å². The number of nitrogens with one attached hydrogen (secondary N) is 1. The lowest BCUT2D eigenvalue weighted by atomic mass is 10.1. The summed E-state index contributed by atoms with van der Waals surface area (Å²) in [6.07, 6.45) is 1.64. The Bertz CT molecular complexity index is 823. The van der Waals surface area contributed by atoms with E-state index in [1.54, 1.807) is 12.1 Å². The van der Waals surface area contributed by atoms with Crippen molar-refractivity contribution in [1.29, 1.82) is 0 Å². The van der Waals surface area contributed by atoms with E-state index < -0.39 is 26.2 Å². The van der Waals surface area contributed by atoms with Crippen LogP contribution in [-0.4, -0.2) is 54.7 Å². The number of hydrogen-bond donors (Lipinski definition) is 3. The first-order valence-electron chi connectivity index (χ1n) is 11.7. The lowest BCUT2D eigenvalue weighted by Crippen LogP contribution is -2.25. The molecule has 1 amide bonds. The van der Waals surface area contributed by atoms with Gasteiger partial charge < -0.3 is 29.5 Å². The fraction of sp³-hybridized carbons (Fsp3) is 0.652. The molecule has 0 saturated heterocycles. The monoisotopic (exact) mass is 519 g/mol. The molecule has 0 saturated carbocycles. The predicted molar refractivity (Wildman–Crippen MR) is 128 cm³/mol. The van der Waals surface area contributed by atoms with Gasteiger partial charge >= 0.3 is 19.9 Å². The zero-order valence-corrected chi connectivity index (χ0v) is 21.8. The molecule has 2 unspecified atom stereocenters. The molecule has 0 bridgehead atoms. The van der Waals surface area contributed by atoms with Gasteiger partial charge in [-0.1, -0.05) is 19.8 Å². The summed E-state index contributed by atoms with van der Waals surface area (Å²) in [5.41, 5.74) is 2.29. The number of benzene rings is 1. The fourth-order valence-electron chi connectivity index (χ4n) is 3.10. The summed E-state index contributed by atoms with van der Waals surface area (Å²) in [7, 11) is -4.23. The summed E-state index contributed by atoms with van der Waals surface area (Å²) in [6.45, 7) is 7.73. The molecule has 1 aromatic rings. The standard InChI is InChI=1S/C23H38NO10P/c1-5-11-30-16-21(26)33-22-17(2)13-20(14-18(22)3)15-31-23(27)24-10-8-6-7-9-12-32-35(28,29)34-19(4)25/h13-14,19,25H,5-12,15-16H2,1-4H3,(H,24,27)(H,28,29). The van der Waals surface area contributed by atoms with Gasteiger partial charge in [0, 0.05) is 13.2 Å². The van der Waals surface area contributed by atoms with Crippen LogP contribution < -0.4 is 10.1 Å². The Morgan fingerprint density at radius 3 is 2.37 bits per heavy atom. The van der Waals surface area contributed by atoms with Gasteiger partial charge in [-0.25, -0.2) is 14.2 Å². The summed E-state index contributed by atoms with van der Waals surface area (Å²) in [5.74, 6) is 0.0188. The van der Waals surface area contributed by atoms with Crippen molar-refractivity contribution in [1.82, 2.24) is 5.32 Å². The average Bonchev–Trinajstić information content (AvgIpc) is 2.76. The van der Waals surface area contributed by atoms with Gasteiger partial charge in [-0.2, -0.15) is 0 Å². The third-order valence-corrected chi connectivity index (χ3v) is 5.64. The van der Waals surface area contributed by atoms with Crippen molar-refractivity contribution < 1.29 is 47.4 Å². The van der Waals surface area contributed by atoms with Crippen LogP contribution in [0.25, 0.3) is 0 Å². The highest BCUT2D eigenvalue weighted by atomic mass is 31.2. The van der Waals surface area contributed by atoms with Gasteiger partial charge in [0.15, 0.2) is 6.29 Å². The minimum atomic E-state index is -4.23. The van der Waals surface area contributed by atoms with Crippen LogP contribution in [0.5, 0.6) is 5.75 Å². The highest BCUT2D eigenvalue weighted by Gasteiger charge is 2.22. The van der Waals surface area contributed by atoms with Crippen molar-refractivity contribution in [2.75, 3.05) is 26.4 Å². The van der Waals surface area contributed by atoms with E-state index in [0.717, 1.165) is 36.0 Å². The van der Waals surface area contributed by atoms with E-state index in [4.69, 9.17) is 23.8 Å². The molecule has 0 aliphatic heterocycles. The topological polar surface area (TPSA) is 150 Å². The number of esters is 1. The number of hydrogen-bond acceptors (Lipinski definition) is 9. The molecule has 0 radical (unpaired) electrons. The second-order valence-electron chi connectivity index (χ2n) is 8.01. The Labute approximate surface area is 206 Å². The number of ether oxygens (including phenoxy) is 3. The quantitative estimate of drug-likeness (QED) is 0.0909. The minimum Gasteiger partial charge on any atom is -0.445 e. The lowest BCUT2D eigenvalue weighted by molar-refractivity contribution is -0.139. The van der Waals surface area contributed by atoms with Gasteiger partial charge in [0.1, 0.15) is 19.0 Å². The highest BCUT2D eigenvalue weighted by Crippen LogP contribution is 2.44. The third-order valence-electron chi connectivity index (χ3n) is 4.55. The van der Waals surface area contributed by atoms with Gasteiger partial charge in [0.2, 0.25) is 0 Å². The summed E-state index contributed by atoms with van der Waals surface area (Å²) < 4.78 is 36.4. The Hall–Kier alpha value is -2.01. The molecule has 1 aromatic carbocycles. The van der Waals surface area contributed by atoms with Crippen LogP contribution in [0.3, 0.4) is 0 Å². The highest BCUT2D eigenvalue weighted by molar-refractivity contribution is 7.47. The van der Waals surface area contributed by atoms with Crippen molar-refractivity contribution in [3.63, 3.8) is 0 Å². The summed E-state index contributed by atoms with van der Waals surface area (Å²) in [6, 6.07) is 3.60. The van der Waals surface area contributed by atoms with Crippen molar-refractivity contribution in [3.8, 4) is 5.75 Å². The molecule has 11 nitrogen and oxygen atoms in total. The Morgan fingerprint density at radius 1 is 1.09 bits per heavy atom. The van der Waals surface area contributed by atoms with Crippen LogP contribution in [0.2, 0.25) is 0 Å². The Balaban J connectivity index is 2.25. The predicted octanol–water partition coefficient (Wildman–Crippen LogP) is 3.89. The average molecular weight is 520 g/mol. The molecule has 3 N–H and O–H groups in total. The van der Waals surface area contributed by atoms with E-state index in [0.29, 0.717) is 31.7 Å². The normalized spacial score (nSPS) is 13.7. The van der Waals surface area contributed by atoms with Crippen LogP contribution in [0.15, 0.2) is 12.1 Å². The summed E-state index contributed by atoms with van der Waals surface area (Å²) in [4.78, 5) is 33.1. The van der Waals surface area contributed by atoms with Crippen molar-refractivity contribution in [3.05, 3.63) is 28.8 Å². The molecule has 0 aromatic heterocycles. The minimum absolute atomic E-state index is 0.0272. The van der Waals surface area contributed by atoms with E-state index >= 15 is 0 Å². The maximum atomic E-state index is 11.9. The first-order valence-corrected chi connectivity index (χ1v) is 13.2. The maximum absolute atomic E-state index is 11.9.